The number of aromatic nitrogens is 3. The van der Waals surface area contributed by atoms with Crippen molar-refractivity contribution >= 4 is 32.9 Å². The zero-order valence-electron chi connectivity index (χ0n) is 9.92. The number of carboxylic acids is 1. The lowest BCUT2D eigenvalue weighted by Crippen LogP contribution is -2.02. The van der Waals surface area contributed by atoms with E-state index in [-0.39, 0.29) is 5.69 Å². The second kappa shape index (κ2) is 4.68. The van der Waals surface area contributed by atoms with Crippen LogP contribution < -0.4 is 0 Å². The van der Waals surface area contributed by atoms with Crippen molar-refractivity contribution in [3.05, 3.63) is 52.5 Å². The maximum Gasteiger partial charge on any atom is 0.357 e. The number of halogens is 2. The third-order valence-corrected chi connectivity index (χ3v) is 3.19. The molecule has 0 fully saturated rings. The number of aromatic carboxylic acids is 1. The van der Waals surface area contributed by atoms with E-state index in [1.807, 2.05) is 0 Å². The van der Waals surface area contributed by atoms with Crippen LogP contribution in [-0.4, -0.2) is 25.8 Å². The molecule has 5 nitrogen and oxygen atoms in total. The highest BCUT2D eigenvalue weighted by atomic mass is 79.9. The highest BCUT2D eigenvalue weighted by Crippen LogP contribution is 2.23. The van der Waals surface area contributed by atoms with Gasteiger partial charge in [-0.15, -0.1) is 0 Å². The Morgan fingerprint density at radius 3 is 2.85 bits per heavy atom. The normalized spacial score (nSPS) is 10.9. The predicted octanol–water partition coefficient (Wildman–Crippen LogP) is 3.02. The summed E-state index contributed by atoms with van der Waals surface area (Å²) in [5.74, 6) is -1.61. The molecule has 7 heteroatoms. The molecule has 3 rings (SSSR count). The summed E-state index contributed by atoms with van der Waals surface area (Å²) in [7, 11) is 0. The molecule has 1 N–H and O–H groups in total. The molecule has 0 saturated heterocycles. The second-order valence-electron chi connectivity index (χ2n) is 4.07. The van der Waals surface area contributed by atoms with E-state index in [9.17, 15) is 9.18 Å². The van der Waals surface area contributed by atoms with Crippen molar-refractivity contribution in [2.24, 2.45) is 0 Å². The molecule has 0 spiro atoms. The Hall–Kier alpha value is -2.28. The number of hydrogen-bond acceptors (Lipinski definition) is 3. The van der Waals surface area contributed by atoms with Crippen LogP contribution in [0.2, 0.25) is 0 Å². The highest BCUT2D eigenvalue weighted by molar-refractivity contribution is 9.10. The molecule has 0 bridgehead atoms. The van der Waals surface area contributed by atoms with Crippen LogP contribution in [0.25, 0.3) is 16.7 Å². The van der Waals surface area contributed by atoms with Gasteiger partial charge < -0.3 is 5.11 Å². The minimum absolute atomic E-state index is 0.117. The summed E-state index contributed by atoms with van der Waals surface area (Å²) in [6.45, 7) is 0. The number of hydrogen-bond donors (Lipinski definition) is 1. The van der Waals surface area contributed by atoms with Crippen molar-refractivity contribution in [2.45, 2.75) is 0 Å². The Kier molecular flexibility index (Phi) is 2.98. The summed E-state index contributed by atoms with van der Waals surface area (Å²) in [6, 6.07) is 7.44. The lowest BCUT2D eigenvalue weighted by molar-refractivity contribution is 0.0692. The van der Waals surface area contributed by atoms with Crippen LogP contribution in [0.4, 0.5) is 4.39 Å². The summed E-state index contributed by atoms with van der Waals surface area (Å²) in [5, 5.41) is 13.6. The van der Waals surface area contributed by atoms with Gasteiger partial charge in [-0.1, -0.05) is 15.9 Å². The van der Waals surface area contributed by atoms with Crippen molar-refractivity contribution in [1.29, 1.82) is 0 Å². The van der Waals surface area contributed by atoms with Crippen molar-refractivity contribution in [3.63, 3.8) is 0 Å². The predicted molar refractivity (Wildman–Crippen MR) is 73.5 cm³/mol. The van der Waals surface area contributed by atoms with Crippen molar-refractivity contribution in [3.8, 4) is 5.69 Å². The van der Waals surface area contributed by atoms with Gasteiger partial charge in [0.25, 0.3) is 0 Å². The standard InChI is InChI=1S/C13H7BrFN3O2/c14-7-4-8(15)6-9(5-7)18-12-10(2-1-3-16-12)11(17-18)13(19)20/h1-6H,(H,19,20). The molecule has 100 valence electrons. The smallest absolute Gasteiger partial charge is 0.357 e. The van der Waals surface area contributed by atoms with Crippen LogP contribution in [0.3, 0.4) is 0 Å². The van der Waals surface area contributed by atoms with E-state index in [1.165, 1.54) is 23.0 Å². The molecule has 0 aliphatic heterocycles. The van der Waals surface area contributed by atoms with Gasteiger partial charge in [-0.25, -0.2) is 18.9 Å². The molecule has 0 radical (unpaired) electrons. The first-order chi connectivity index (χ1) is 9.56. The molecule has 2 aromatic heterocycles. The highest BCUT2D eigenvalue weighted by Gasteiger charge is 2.18. The van der Waals surface area contributed by atoms with Gasteiger partial charge in [0.05, 0.1) is 11.1 Å². The lowest BCUT2D eigenvalue weighted by atomic mass is 10.2. The monoisotopic (exact) mass is 335 g/mol. The fraction of sp³-hybridized carbons (Fsp3) is 0. The Morgan fingerprint density at radius 2 is 2.15 bits per heavy atom. The molecule has 0 unspecified atom stereocenters. The van der Waals surface area contributed by atoms with Gasteiger partial charge in [0.2, 0.25) is 0 Å². The Morgan fingerprint density at radius 1 is 1.35 bits per heavy atom. The van der Waals surface area contributed by atoms with Gasteiger partial charge in [-0.05, 0) is 30.3 Å². The fourth-order valence-electron chi connectivity index (χ4n) is 1.95. The van der Waals surface area contributed by atoms with Gasteiger partial charge >= 0.3 is 5.97 Å². The third kappa shape index (κ3) is 2.05. The van der Waals surface area contributed by atoms with Gasteiger partial charge in [-0.2, -0.15) is 5.10 Å². The van der Waals surface area contributed by atoms with E-state index in [4.69, 9.17) is 5.11 Å². The number of benzene rings is 1. The molecule has 20 heavy (non-hydrogen) atoms. The topological polar surface area (TPSA) is 68.0 Å². The number of pyridine rings is 1. The second-order valence-corrected chi connectivity index (χ2v) is 4.98. The molecule has 0 aliphatic carbocycles. The molecule has 0 atom stereocenters. The van der Waals surface area contributed by atoms with Gasteiger partial charge in [-0.3, -0.25) is 0 Å². The summed E-state index contributed by atoms with van der Waals surface area (Å²) in [5.41, 5.74) is 0.643. The zero-order chi connectivity index (χ0) is 14.3. The van der Waals surface area contributed by atoms with Crippen LogP contribution in [0, 0.1) is 5.82 Å². The molecule has 3 aromatic rings. The third-order valence-electron chi connectivity index (χ3n) is 2.74. The van der Waals surface area contributed by atoms with Crippen LogP contribution in [-0.2, 0) is 0 Å². The van der Waals surface area contributed by atoms with E-state index < -0.39 is 11.8 Å². The van der Waals surface area contributed by atoms with Gasteiger partial charge in [0.15, 0.2) is 11.3 Å². The van der Waals surface area contributed by atoms with E-state index in [2.05, 4.69) is 26.0 Å². The van der Waals surface area contributed by atoms with Crippen LogP contribution in [0.1, 0.15) is 10.5 Å². The molecule has 0 saturated carbocycles. The molecule has 2 heterocycles. The van der Waals surface area contributed by atoms with Crippen LogP contribution in [0.15, 0.2) is 41.0 Å². The maximum absolute atomic E-state index is 13.5. The number of rotatable bonds is 2. The van der Waals surface area contributed by atoms with Crippen molar-refractivity contribution in [1.82, 2.24) is 14.8 Å². The minimum Gasteiger partial charge on any atom is -0.476 e. The Balaban J connectivity index is 2.33. The fourth-order valence-corrected chi connectivity index (χ4v) is 2.40. The zero-order valence-corrected chi connectivity index (χ0v) is 11.5. The SMILES string of the molecule is O=C(O)c1nn(-c2cc(F)cc(Br)c2)c2ncccc12. The average Bonchev–Trinajstić information content (AvgIpc) is 2.77. The molecule has 0 amide bonds. The summed E-state index contributed by atoms with van der Waals surface area (Å²) in [4.78, 5) is 15.3. The van der Waals surface area contributed by atoms with Gasteiger partial charge in [0.1, 0.15) is 5.82 Å². The number of nitrogens with zero attached hydrogens (tertiary/aromatic N) is 3. The van der Waals surface area contributed by atoms with Crippen molar-refractivity contribution < 1.29 is 14.3 Å². The first kappa shape index (κ1) is 12.7. The summed E-state index contributed by atoms with van der Waals surface area (Å²) < 4.78 is 15.3. The molecular weight excluding hydrogens is 329 g/mol. The minimum atomic E-state index is -1.16. The Bertz CT molecular complexity index is 811. The number of fused-ring (bicyclic) bond motifs is 1. The quantitative estimate of drug-likeness (QED) is 0.781. The van der Waals surface area contributed by atoms with E-state index in [1.54, 1.807) is 18.2 Å². The summed E-state index contributed by atoms with van der Waals surface area (Å²) >= 11 is 3.19. The van der Waals surface area contributed by atoms with Gasteiger partial charge in [0, 0.05) is 10.7 Å². The largest absolute Gasteiger partial charge is 0.476 e. The first-order valence-corrected chi connectivity index (χ1v) is 6.39. The van der Waals surface area contributed by atoms with E-state index in [0.29, 0.717) is 21.2 Å². The average molecular weight is 336 g/mol. The van der Waals surface area contributed by atoms with Crippen molar-refractivity contribution in [2.75, 3.05) is 0 Å². The number of carboxylic acid groups (broad SMARTS) is 1. The van der Waals surface area contributed by atoms with Crippen LogP contribution in [0.5, 0.6) is 0 Å². The van der Waals surface area contributed by atoms with Crippen LogP contribution >= 0.6 is 15.9 Å². The summed E-state index contributed by atoms with van der Waals surface area (Å²) in [6.07, 6.45) is 1.53. The van der Waals surface area contributed by atoms with E-state index >= 15 is 0 Å². The molecule has 0 aliphatic rings. The van der Waals surface area contributed by atoms with E-state index in [0.717, 1.165) is 0 Å². The molecular formula is C13H7BrFN3O2. The first-order valence-electron chi connectivity index (χ1n) is 5.60. The molecule has 1 aromatic carbocycles. The maximum atomic E-state index is 13.5. The lowest BCUT2D eigenvalue weighted by Gasteiger charge is -2.03. The number of carbonyl (C=O) groups is 1. The Labute approximate surface area is 120 Å².